The van der Waals surface area contributed by atoms with Crippen LogP contribution in [0, 0.1) is 11.8 Å². The van der Waals surface area contributed by atoms with Crippen LogP contribution in [0.15, 0.2) is 18.2 Å². The second-order valence-electron chi connectivity index (χ2n) is 6.26. The summed E-state index contributed by atoms with van der Waals surface area (Å²) in [6, 6.07) is 6.39. The van der Waals surface area contributed by atoms with E-state index in [0.29, 0.717) is 0 Å². The summed E-state index contributed by atoms with van der Waals surface area (Å²) in [4.78, 5) is 11.4. The van der Waals surface area contributed by atoms with Crippen LogP contribution < -0.4 is 10.1 Å². The summed E-state index contributed by atoms with van der Waals surface area (Å²) in [6.45, 7) is 7.90. The van der Waals surface area contributed by atoms with Gasteiger partial charge in [-0.05, 0) is 70.1 Å². The van der Waals surface area contributed by atoms with Gasteiger partial charge in [0, 0.05) is 6.04 Å². The quantitative estimate of drug-likeness (QED) is 0.867. The number of nitrogens with one attached hydrogen (secondary N) is 1. The summed E-state index contributed by atoms with van der Waals surface area (Å²) in [6.07, 6.45) is 2.87. The van der Waals surface area contributed by atoms with E-state index in [2.05, 4.69) is 43.1 Å². The number of rotatable bonds is 3. The number of benzene rings is 1. The van der Waals surface area contributed by atoms with Crippen molar-refractivity contribution >= 4 is 5.91 Å². The first-order chi connectivity index (χ1) is 9.89. The molecular weight excluding hydrogens is 262 g/mol. The van der Waals surface area contributed by atoms with E-state index in [1.165, 1.54) is 11.1 Å². The van der Waals surface area contributed by atoms with Crippen LogP contribution in [0.2, 0.25) is 0 Å². The number of carbonyl (C=O) groups excluding carboxylic acids is 1. The average Bonchev–Trinajstić information content (AvgIpc) is 2.38. The number of amides is 1. The second-order valence-corrected chi connectivity index (χ2v) is 6.26. The standard InChI is InChI=1S/C18H23NO2/c1-5-6-17(20)19-13(2)11-14-7-8-16-15(12-14)9-10-18(3,4)21-16/h7-8,12-13H,9-11H2,1-4H3,(H,19,20)/t13-/m1/s1. The van der Waals surface area contributed by atoms with Gasteiger partial charge in [-0.1, -0.05) is 18.1 Å². The van der Waals surface area contributed by atoms with Crippen LogP contribution in [0.3, 0.4) is 0 Å². The zero-order valence-electron chi connectivity index (χ0n) is 13.2. The van der Waals surface area contributed by atoms with E-state index in [1.54, 1.807) is 6.92 Å². The molecule has 3 heteroatoms. The van der Waals surface area contributed by atoms with E-state index in [-0.39, 0.29) is 17.6 Å². The summed E-state index contributed by atoms with van der Waals surface area (Å²) in [5.41, 5.74) is 2.40. The highest BCUT2D eigenvalue weighted by atomic mass is 16.5. The molecule has 1 aliphatic rings. The summed E-state index contributed by atoms with van der Waals surface area (Å²) in [5, 5.41) is 2.88. The zero-order chi connectivity index (χ0) is 15.5. The van der Waals surface area contributed by atoms with Gasteiger partial charge in [-0.2, -0.15) is 0 Å². The topological polar surface area (TPSA) is 38.3 Å². The predicted molar refractivity (Wildman–Crippen MR) is 84.2 cm³/mol. The predicted octanol–water partition coefficient (Wildman–Crippen LogP) is 2.86. The van der Waals surface area contributed by atoms with Crippen molar-refractivity contribution in [3.05, 3.63) is 29.3 Å². The van der Waals surface area contributed by atoms with E-state index >= 15 is 0 Å². The lowest BCUT2D eigenvalue weighted by molar-refractivity contribution is -0.116. The van der Waals surface area contributed by atoms with Gasteiger partial charge in [0.2, 0.25) is 0 Å². The molecule has 0 saturated heterocycles. The molecule has 0 aromatic heterocycles. The molecule has 0 aliphatic carbocycles. The van der Waals surface area contributed by atoms with E-state index in [4.69, 9.17) is 4.74 Å². The van der Waals surface area contributed by atoms with Gasteiger partial charge in [0.05, 0.1) is 0 Å². The van der Waals surface area contributed by atoms with Gasteiger partial charge >= 0.3 is 0 Å². The van der Waals surface area contributed by atoms with E-state index in [9.17, 15) is 4.79 Å². The Balaban J connectivity index is 2.02. The molecule has 1 aliphatic heterocycles. The highest BCUT2D eigenvalue weighted by Gasteiger charge is 2.26. The third kappa shape index (κ3) is 4.26. The molecule has 1 aromatic rings. The van der Waals surface area contributed by atoms with Gasteiger partial charge in [-0.3, -0.25) is 4.79 Å². The second kappa shape index (κ2) is 6.22. The monoisotopic (exact) mass is 285 g/mol. The molecule has 21 heavy (non-hydrogen) atoms. The van der Waals surface area contributed by atoms with Crippen molar-refractivity contribution in [2.45, 2.75) is 58.6 Å². The largest absolute Gasteiger partial charge is 0.488 e. The Morgan fingerprint density at radius 2 is 2.24 bits per heavy atom. The van der Waals surface area contributed by atoms with Gasteiger partial charge in [-0.25, -0.2) is 0 Å². The van der Waals surface area contributed by atoms with Crippen molar-refractivity contribution in [3.8, 4) is 17.6 Å². The van der Waals surface area contributed by atoms with Gasteiger partial charge in [-0.15, -0.1) is 0 Å². The fourth-order valence-corrected chi connectivity index (χ4v) is 2.62. The van der Waals surface area contributed by atoms with Gasteiger partial charge in [0.25, 0.3) is 5.91 Å². The number of carbonyl (C=O) groups is 1. The van der Waals surface area contributed by atoms with Crippen LogP contribution in [0.1, 0.15) is 45.2 Å². The van der Waals surface area contributed by atoms with Crippen molar-refractivity contribution in [2.24, 2.45) is 0 Å². The summed E-state index contributed by atoms with van der Waals surface area (Å²) in [5.74, 6) is 5.88. The van der Waals surface area contributed by atoms with E-state index < -0.39 is 0 Å². The summed E-state index contributed by atoms with van der Waals surface area (Å²) < 4.78 is 5.99. The van der Waals surface area contributed by atoms with Crippen LogP contribution >= 0.6 is 0 Å². The molecule has 1 atom stereocenters. The molecular formula is C18H23NO2. The minimum Gasteiger partial charge on any atom is -0.488 e. The molecule has 0 bridgehead atoms. The molecule has 0 spiro atoms. The smallest absolute Gasteiger partial charge is 0.296 e. The Morgan fingerprint density at radius 3 is 2.95 bits per heavy atom. The highest BCUT2D eigenvalue weighted by Crippen LogP contribution is 2.33. The lowest BCUT2D eigenvalue weighted by Crippen LogP contribution is -2.34. The van der Waals surface area contributed by atoms with Crippen molar-refractivity contribution in [3.63, 3.8) is 0 Å². The number of hydrogen-bond donors (Lipinski definition) is 1. The lowest BCUT2D eigenvalue weighted by Gasteiger charge is -2.32. The SMILES string of the molecule is CC#CC(=O)N[C@H](C)Cc1ccc2c(c1)CCC(C)(C)O2. The molecule has 0 unspecified atom stereocenters. The molecule has 1 amide bonds. The molecule has 0 saturated carbocycles. The minimum absolute atomic E-state index is 0.0670. The van der Waals surface area contributed by atoms with Crippen molar-refractivity contribution in [1.82, 2.24) is 5.32 Å². The first kappa shape index (κ1) is 15.4. The van der Waals surface area contributed by atoms with Crippen LogP contribution in [0.25, 0.3) is 0 Å². The molecule has 0 radical (unpaired) electrons. The third-order valence-electron chi connectivity index (χ3n) is 3.67. The number of fused-ring (bicyclic) bond motifs is 1. The molecule has 1 N–H and O–H groups in total. The minimum atomic E-state index is -0.215. The Hall–Kier alpha value is -1.95. The summed E-state index contributed by atoms with van der Waals surface area (Å²) in [7, 11) is 0. The van der Waals surface area contributed by atoms with E-state index in [1.807, 2.05) is 13.0 Å². The van der Waals surface area contributed by atoms with Crippen LogP contribution in [-0.4, -0.2) is 17.6 Å². The van der Waals surface area contributed by atoms with Gasteiger partial charge in [0.15, 0.2) is 0 Å². The summed E-state index contributed by atoms with van der Waals surface area (Å²) >= 11 is 0. The van der Waals surface area contributed by atoms with Crippen molar-refractivity contribution < 1.29 is 9.53 Å². The van der Waals surface area contributed by atoms with Crippen LogP contribution in [0.5, 0.6) is 5.75 Å². The zero-order valence-corrected chi connectivity index (χ0v) is 13.2. The number of ether oxygens (including phenoxy) is 1. The fourth-order valence-electron chi connectivity index (χ4n) is 2.62. The third-order valence-corrected chi connectivity index (χ3v) is 3.67. The van der Waals surface area contributed by atoms with E-state index in [0.717, 1.165) is 25.0 Å². The normalized spacial score (nSPS) is 16.8. The molecule has 2 rings (SSSR count). The van der Waals surface area contributed by atoms with Gasteiger partial charge < -0.3 is 10.1 Å². The first-order valence-corrected chi connectivity index (χ1v) is 7.44. The Morgan fingerprint density at radius 1 is 1.48 bits per heavy atom. The molecule has 3 nitrogen and oxygen atoms in total. The Bertz CT molecular complexity index is 593. The number of hydrogen-bond acceptors (Lipinski definition) is 2. The maximum atomic E-state index is 11.4. The van der Waals surface area contributed by atoms with Crippen LogP contribution in [0.4, 0.5) is 0 Å². The van der Waals surface area contributed by atoms with Crippen molar-refractivity contribution in [2.75, 3.05) is 0 Å². The lowest BCUT2D eigenvalue weighted by atomic mass is 9.92. The first-order valence-electron chi connectivity index (χ1n) is 7.44. The molecule has 0 fully saturated rings. The molecule has 1 heterocycles. The maximum Gasteiger partial charge on any atom is 0.296 e. The average molecular weight is 285 g/mol. The molecule has 112 valence electrons. The number of aryl methyl sites for hydroxylation is 1. The maximum absolute atomic E-state index is 11.4. The van der Waals surface area contributed by atoms with Crippen molar-refractivity contribution in [1.29, 1.82) is 0 Å². The fraction of sp³-hybridized carbons (Fsp3) is 0.500. The Kier molecular flexibility index (Phi) is 4.57. The van der Waals surface area contributed by atoms with Crippen LogP contribution in [-0.2, 0) is 17.6 Å². The Labute approximate surface area is 127 Å². The highest BCUT2D eigenvalue weighted by molar-refractivity contribution is 5.93. The molecule has 1 aromatic carbocycles. The van der Waals surface area contributed by atoms with Gasteiger partial charge in [0.1, 0.15) is 11.4 Å².